The summed E-state index contributed by atoms with van der Waals surface area (Å²) in [5, 5.41) is 20.2. The number of ether oxygens (including phenoxy) is 3. The van der Waals surface area contributed by atoms with Gasteiger partial charge < -0.3 is 35.3 Å². The highest BCUT2D eigenvalue weighted by Gasteiger charge is 2.28. The number of carbonyl (C=O) groups is 3. The first-order valence-corrected chi connectivity index (χ1v) is 15.6. The highest BCUT2D eigenvalue weighted by molar-refractivity contribution is 7.44. The Labute approximate surface area is 284 Å². The standard InChI is InChI=1S/C33H49N3O7.ClH.OS/c1-5-11-26(12-6-2)43-23-29(35-31(38)17-18-32(39)42-4)33(40)36-28(20-24-13-8-7-9-14-24)30(37)22-34-21-25-15-10-16-27(19-25)41-3;;1-2/h7-10,13-16,19,26,28-30,34,37H,5-6,11-12,17-18,20-23H2,1-4H3,(H,35,38)(H,36,40);1H;/t28-,29?,30+;;/m0../s1. The molecule has 2 aromatic rings. The lowest BCUT2D eigenvalue weighted by atomic mass is 10.0. The molecule has 0 heterocycles. The van der Waals surface area contributed by atoms with Crippen LogP contribution < -0.4 is 20.7 Å². The van der Waals surface area contributed by atoms with Crippen LogP contribution in [0.25, 0.3) is 0 Å². The molecular weight excluding hydrogens is 634 g/mol. The molecule has 0 aliphatic heterocycles. The van der Waals surface area contributed by atoms with Crippen LogP contribution in [0, 0.1) is 0 Å². The molecular formula is C33H50ClN3O8S. The van der Waals surface area contributed by atoms with Gasteiger partial charge in [-0.05, 0) is 42.5 Å². The van der Waals surface area contributed by atoms with Crippen molar-refractivity contribution in [2.45, 2.75) is 89.6 Å². The van der Waals surface area contributed by atoms with Gasteiger partial charge in [0.15, 0.2) is 12.5 Å². The van der Waals surface area contributed by atoms with Crippen LogP contribution in [-0.4, -0.2) is 78.8 Å². The molecule has 0 saturated carbocycles. The van der Waals surface area contributed by atoms with E-state index < -0.39 is 36.0 Å². The number of carbonyl (C=O) groups excluding carboxylic acids is 3. The molecule has 0 aliphatic rings. The number of benzene rings is 2. The van der Waals surface area contributed by atoms with Gasteiger partial charge in [0.1, 0.15) is 11.8 Å². The molecule has 0 bridgehead atoms. The lowest BCUT2D eigenvalue weighted by Gasteiger charge is -2.28. The molecule has 258 valence electrons. The maximum atomic E-state index is 13.6. The average Bonchev–Trinajstić information content (AvgIpc) is 3.06. The zero-order valence-electron chi connectivity index (χ0n) is 27.2. The largest absolute Gasteiger partial charge is 0.497 e. The van der Waals surface area contributed by atoms with E-state index in [1.54, 1.807) is 7.11 Å². The normalized spacial score (nSPS) is 12.4. The first-order chi connectivity index (χ1) is 21.8. The Kier molecular flexibility index (Phi) is 24.2. The number of aliphatic hydroxyl groups is 1. The number of hydrogen-bond donors (Lipinski definition) is 4. The van der Waals surface area contributed by atoms with Crippen LogP contribution in [0.15, 0.2) is 54.6 Å². The maximum absolute atomic E-state index is 13.6. The summed E-state index contributed by atoms with van der Waals surface area (Å²) < 4.78 is 23.8. The van der Waals surface area contributed by atoms with Crippen LogP contribution in [-0.2, 0) is 49.4 Å². The Morgan fingerprint density at radius 1 is 0.891 bits per heavy atom. The van der Waals surface area contributed by atoms with E-state index in [0.29, 0.717) is 13.0 Å². The zero-order chi connectivity index (χ0) is 33.5. The van der Waals surface area contributed by atoms with Crippen molar-refractivity contribution in [1.82, 2.24) is 16.0 Å². The molecule has 2 rings (SSSR count). The number of amides is 2. The van der Waals surface area contributed by atoms with E-state index in [0.717, 1.165) is 42.6 Å². The molecule has 46 heavy (non-hydrogen) atoms. The Balaban J connectivity index is 0.00000661. The molecule has 0 spiro atoms. The molecule has 11 nitrogen and oxygen atoms in total. The molecule has 2 amide bonds. The summed E-state index contributed by atoms with van der Waals surface area (Å²) in [6.45, 7) is 4.84. The minimum atomic E-state index is -1.00. The van der Waals surface area contributed by atoms with Gasteiger partial charge >= 0.3 is 5.97 Å². The Morgan fingerprint density at radius 2 is 1.54 bits per heavy atom. The zero-order valence-corrected chi connectivity index (χ0v) is 28.8. The van der Waals surface area contributed by atoms with E-state index in [1.165, 1.54) is 7.11 Å². The van der Waals surface area contributed by atoms with Gasteiger partial charge in [0.05, 0.1) is 45.5 Å². The highest BCUT2D eigenvalue weighted by Crippen LogP contribution is 2.13. The number of rotatable bonds is 21. The van der Waals surface area contributed by atoms with Crippen molar-refractivity contribution in [1.29, 1.82) is 0 Å². The summed E-state index contributed by atoms with van der Waals surface area (Å²) >= 11 is 2.83. The SMILES string of the molecule is CCCC(CCC)OCC(NC(=O)CCC(=O)OC)C(=O)N[C@@H](Cc1ccccc1)[C@H](O)CNCc1cccc(OC)c1.Cl.O=S. The quantitative estimate of drug-likeness (QED) is 0.144. The van der Waals surface area contributed by atoms with Gasteiger partial charge in [-0.15, -0.1) is 12.4 Å². The summed E-state index contributed by atoms with van der Waals surface area (Å²) in [4.78, 5) is 37.9. The fraction of sp³-hybridized carbons (Fsp3) is 0.545. The maximum Gasteiger partial charge on any atom is 0.306 e. The second kappa shape index (κ2) is 26.0. The topological polar surface area (TPSA) is 152 Å². The smallest absolute Gasteiger partial charge is 0.306 e. The number of hydrogen-bond acceptors (Lipinski definition) is 10. The van der Waals surface area contributed by atoms with Crippen molar-refractivity contribution in [3.63, 3.8) is 0 Å². The first-order valence-electron chi connectivity index (χ1n) is 15.3. The van der Waals surface area contributed by atoms with Crippen LogP contribution >= 0.6 is 12.4 Å². The van der Waals surface area contributed by atoms with Crippen LogP contribution in [0.1, 0.15) is 63.5 Å². The molecule has 4 N–H and O–H groups in total. The molecule has 3 atom stereocenters. The monoisotopic (exact) mass is 683 g/mol. The summed E-state index contributed by atoms with van der Waals surface area (Å²) in [6, 6.07) is 15.6. The van der Waals surface area contributed by atoms with Gasteiger partial charge in [-0.2, -0.15) is 4.21 Å². The molecule has 0 saturated heterocycles. The van der Waals surface area contributed by atoms with Crippen LogP contribution in [0.4, 0.5) is 0 Å². The van der Waals surface area contributed by atoms with E-state index >= 15 is 0 Å². The average molecular weight is 684 g/mol. The third kappa shape index (κ3) is 17.5. The minimum Gasteiger partial charge on any atom is -0.497 e. The van der Waals surface area contributed by atoms with Crippen LogP contribution in [0.2, 0.25) is 0 Å². The molecule has 13 heteroatoms. The van der Waals surface area contributed by atoms with Crippen molar-refractivity contribution in [3.8, 4) is 5.75 Å². The number of nitrogens with one attached hydrogen (secondary N) is 3. The van der Waals surface area contributed by atoms with Gasteiger partial charge in [-0.3, -0.25) is 14.4 Å². The number of aliphatic hydroxyl groups excluding tert-OH is 1. The van der Waals surface area contributed by atoms with Crippen molar-refractivity contribution < 1.29 is 37.9 Å². The molecule has 0 aliphatic carbocycles. The fourth-order valence-corrected chi connectivity index (χ4v) is 4.68. The molecule has 2 aromatic carbocycles. The third-order valence-electron chi connectivity index (χ3n) is 7.06. The third-order valence-corrected chi connectivity index (χ3v) is 7.06. The first kappa shape index (κ1) is 42.8. The fourth-order valence-electron chi connectivity index (χ4n) is 4.68. The predicted molar refractivity (Wildman–Crippen MR) is 181 cm³/mol. The minimum absolute atomic E-state index is 0. The van der Waals surface area contributed by atoms with E-state index in [4.69, 9.17) is 13.7 Å². The van der Waals surface area contributed by atoms with Crippen LogP contribution in [0.5, 0.6) is 5.75 Å². The van der Waals surface area contributed by atoms with Gasteiger partial charge in [0, 0.05) is 19.5 Å². The predicted octanol–water partition coefficient (Wildman–Crippen LogP) is 3.38. The van der Waals surface area contributed by atoms with Crippen molar-refractivity contribution >= 4 is 42.7 Å². The summed E-state index contributed by atoms with van der Waals surface area (Å²) in [5.41, 5.74) is 1.94. The lowest BCUT2D eigenvalue weighted by Crippen LogP contribution is -2.56. The number of esters is 1. The van der Waals surface area contributed by atoms with Crippen molar-refractivity contribution in [2.75, 3.05) is 27.4 Å². The second-order valence-electron chi connectivity index (χ2n) is 10.6. The van der Waals surface area contributed by atoms with Gasteiger partial charge in [0.2, 0.25) is 11.8 Å². The van der Waals surface area contributed by atoms with Gasteiger partial charge in [0.25, 0.3) is 0 Å². The van der Waals surface area contributed by atoms with E-state index in [-0.39, 0.29) is 44.5 Å². The second-order valence-corrected chi connectivity index (χ2v) is 10.6. The Morgan fingerprint density at radius 3 is 2.15 bits per heavy atom. The van der Waals surface area contributed by atoms with E-state index in [2.05, 4.69) is 47.1 Å². The summed E-state index contributed by atoms with van der Waals surface area (Å²) in [7, 11) is 2.87. The number of methoxy groups -OCH3 is 2. The molecule has 1 unspecified atom stereocenters. The summed E-state index contributed by atoms with van der Waals surface area (Å²) in [6.07, 6.45) is 2.74. The van der Waals surface area contributed by atoms with Crippen molar-refractivity contribution in [2.24, 2.45) is 0 Å². The Bertz CT molecular complexity index is 1130. The van der Waals surface area contributed by atoms with Crippen LogP contribution in [0.3, 0.4) is 0 Å². The highest BCUT2D eigenvalue weighted by atomic mass is 35.5. The number of halogens is 1. The lowest BCUT2D eigenvalue weighted by molar-refractivity contribution is -0.142. The molecule has 0 aromatic heterocycles. The Hall–Kier alpha value is -3.16. The van der Waals surface area contributed by atoms with Gasteiger partial charge in [-0.25, -0.2) is 0 Å². The van der Waals surface area contributed by atoms with E-state index in [1.807, 2.05) is 54.6 Å². The van der Waals surface area contributed by atoms with E-state index in [9.17, 15) is 19.5 Å². The van der Waals surface area contributed by atoms with Gasteiger partial charge in [-0.1, -0.05) is 69.2 Å². The molecule has 0 fully saturated rings. The molecule has 0 radical (unpaired) electrons. The summed E-state index contributed by atoms with van der Waals surface area (Å²) in [5.74, 6) is -0.690. The van der Waals surface area contributed by atoms with Crippen molar-refractivity contribution in [3.05, 3.63) is 65.7 Å².